The maximum absolute atomic E-state index is 12.8. The highest BCUT2D eigenvalue weighted by Crippen LogP contribution is 2.14. The number of pyridine rings is 1. The molecule has 1 aromatic carbocycles. The topological polar surface area (TPSA) is 117 Å². The number of aromatic nitrogens is 3. The van der Waals surface area contributed by atoms with E-state index in [9.17, 15) is 18.3 Å². The molecule has 1 amide bonds. The Labute approximate surface area is 187 Å². The molecule has 2 unspecified atom stereocenters. The second-order valence-corrected chi connectivity index (χ2v) is 9.66. The van der Waals surface area contributed by atoms with E-state index in [1.54, 1.807) is 32.2 Å². The number of rotatable bonds is 9. The molecule has 10 heteroatoms. The van der Waals surface area contributed by atoms with E-state index in [0.29, 0.717) is 12.1 Å². The zero-order chi connectivity index (χ0) is 23.3. The molecule has 0 aliphatic rings. The van der Waals surface area contributed by atoms with Crippen LogP contribution < -0.4 is 5.32 Å². The molecule has 0 radical (unpaired) electrons. The van der Waals surface area contributed by atoms with Crippen LogP contribution in [0.25, 0.3) is 0 Å². The van der Waals surface area contributed by atoms with Crippen molar-refractivity contribution in [2.45, 2.75) is 30.5 Å². The molecule has 0 bridgehead atoms. The molecule has 170 valence electrons. The Balaban J connectivity index is 1.79. The van der Waals surface area contributed by atoms with Gasteiger partial charge in [-0.2, -0.15) is 4.31 Å². The number of imidazole rings is 1. The Morgan fingerprint density at radius 1 is 1.19 bits per heavy atom. The third kappa shape index (κ3) is 5.78. The Morgan fingerprint density at radius 3 is 2.53 bits per heavy atom. The second kappa shape index (κ2) is 10.0. The van der Waals surface area contributed by atoms with E-state index < -0.39 is 28.1 Å². The van der Waals surface area contributed by atoms with Gasteiger partial charge in [0.15, 0.2) is 5.03 Å². The highest BCUT2D eigenvalue weighted by atomic mass is 32.2. The molecule has 2 heterocycles. The van der Waals surface area contributed by atoms with Crippen molar-refractivity contribution >= 4 is 15.9 Å². The summed E-state index contributed by atoms with van der Waals surface area (Å²) in [4.78, 5) is 20.9. The van der Waals surface area contributed by atoms with Crippen LogP contribution in [0.4, 0.5) is 0 Å². The van der Waals surface area contributed by atoms with E-state index in [-0.39, 0.29) is 17.3 Å². The number of carbonyl (C=O) groups excluding carboxylic acids is 1. The van der Waals surface area contributed by atoms with Gasteiger partial charge in [0, 0.05) is 32.5 Å². The molecule has 3 rings (SSSR count). The van der Waals surface area contributed by atoms with Crippen molar-refractivity contribution < 1.29 is 18.3 Å². The van der Waals surface area contributed by atoms with Crippen LogP contribution in [-0.4, -0.2) is 64.0 Å². The molecule has 9 nitrogen and oxygen atoms in total. The number of aryl methyl sites for hydroxylation is 2. The van der Waals surface area contributed by atoms with Crippen molar-refractivity contribution in [3.8, 4) is 0 Å². The van der Waals surface area contributed by atoms with Crippen LogP contribution >= 0.6 is 0 Å². The van der Waals surface area contributed by atoms with Crippen molar-refractivity contribution in [1.29, 1.82) is 0 Å². The average molecular weight is 458 g/mol. The van der Waals surface area contributed by atoms with Crippen molar-refractivity contribution in [2.24, 2.45) is 7.05 Å². The van der Waals surface area contributed by atoms with E-state index in [1.165, 1.54) is 24.1 Å². The number of sulfonamides is 1. The molecule has 0 saturated heterocycles. The number of hydrogen-bond acceptors (Lipinski definition) is 6. The number of aliphatic hydroxyl groups excluding tert-OH is 1. The monoisotopic (exact) mass is 457 g/mol. The van der Waals surface area contributed by atoms with E-state index in [2.05, 4.69) is 15.3 Å². The molecule has 0 aliphatic heterocycles. The van der Waals surface area contributed by atoms with Gasteiger partial charge in [0.05, 0.1) is 18.5 Å². The molecular weight excluding hydrogens is 430 g/mol. The maximum atomic E-state index is 12.8. The van der Waals surface area contributed by atoms with Gasteiger partial charge in [0.2, 0.25) is 0 Å². The molecule has 32 heavy (non-hydrogen) atoms. The predicted octanol–water partition coefficient (Wildman–Crippen LogP) is 1.15. The van der Waals surface area contributed by atoms with Gasteiger partial charge in [0.25, 0.3) is 15.9 Å². The van der Waals surface area contributed by atoms with Gasteiger partial charge >= 0.3 is 0 Å². The SMILES string of the molecule is Cc1cccc(C(=O)NC(Cc2ccccc2)C(O)CN(C)S(=O)(=O)c2cn(C)cn2)n1. The maximum Gasteiger partial charge on any atom is 0.270 e. The first-order chi connectivity index (χ1) is 15.2. The molecule has 2 atom stereocenters. The minimum Gasteiger partial charge on any atom is -0.390 e. The van der Waals surface area contributed by atoms with Gasteiger partial charge in [-0.1, -0.05) is 36.4 Å². The lowest BCUT2D eigenvalue weighted by atomic mass is 10.0. The van der Waals surface area contributed by atoms with Gasteiger partial charge in [0.1, 0.15) is 5.69 Å². The normalized spacial score (nSPS) is 13.7. The number of likely N-dealkylation sites (N-methyl/N-ethyl adjacent to an activating group) is 1. The summed E-state index contributed by atoms with van der Waals surface area (Å²) in [5, 5.41) is 13.6. The van der Waals surface area contributed by atoms with Gasteiger partial charge in [-0.25, -0.2) is 18.4 Å². The Morgan fingerprint density at radius 2 is 1.91 bits per heavy atom. The molecule has 0 saturated carbocycles. The van der Waals surface area contributed by atoms with E-state index >= 15 is 0 Å². The number of carbonyl (C=O) groups is 1. The summed E-state index contributed by atoms with van der Waals surface area (Å²) in [6, 6.07) is 13.7. The Bertz CT molecular complexity index is 1160. The summed E-state index contributed by atoms with van der Waals surface area (Å²) in [6.07, 6.45) is 1.93. The lowest BCUT2D eigenvalue weighted by Gasteiger charge is -2.27. The fourth-order valence-corrected chi connectivity index (χ4v) is 4.38. The largest absolute Gasteiger partial charge is 0.390 e. The van der Waals surface area contributed by atoms with Gasteiger partial charge in [-0.15, -0.1) is 0 Å². The first-order valence-corrected chi connectivity index (χ1v) is 11.5. The Hall–Kier alpha value is -3.08. The third-order valence-electron chi connectivity index (χ3n) is 5.00. The first kappa shape index (κ1) is 23.6. The van der Waals surface area contributed by atoms with E-state index in [1.807, 2.05) is 30.3 Å². The van der Waals surface area contributed by atoms with Crippen molar-refractivity contribution in [1.82, 2.24) is 24.2 Å². The molecule has 0 fully saturated rings. The lowest BCUT2D eigenvalue weighted by molar-refractivity contribution is 0.0793. The van der Waals surface area contributed by atoms with E-state index in [4.69, 9.17) is 0 Å². The van der Waals surface area contributed by atoms with Crippen LogP contribution in [0.5, 0.6) is 0 Å². The summed E-state index contributed by atoms with van der Waals surface area (Å²) in [5.74, 6) is -0.441. The van der Waals surface area contributed by atoms with Gasteiger partial charge in [-0.05, 0) is 31.0 Å². The Kier molecular flexibility index (Phi) is 7.39. The number of benzene rings is 1. The minimum atomic E-state index is -3.89. The zero-order valence-corrected chi connectivity index (χ0v) is 19.0. The molecule has 0 aliphatic carbocycles. The molecule has 0 spiro atoms. The highest BCUT2D eigenvalue weighted by Gasteiger charge is 2.30. The second-order valence-electron chi connectivity index (χ2n) is 7.66. The summed E-state index contributed by atoms with van der Waals surface area (Å²) < 4.78 is 28.1. The standard InChI is InChI=1S/C22H27N5O4S/c1-16-8-7-11-18(24-16)22(29)25-19(12-17-9-5-4-6-10-17)20(28)13-27(3)32(30,31)21-14-26(2)15-23-21/h4-11,14-15,19-20,28H,12-13H2,1-3H3,(H,25,29). The number of nitrogens with zero attached hydrogens (tertiary/aromatic N) is 4. The van der Waals surface area contributed by atoms with Crippen molar-refractivity contribution in [3.05, 3.63) is 78.0 Å². The lowest BCUT2D eigenvalue weighted by Crippen LogP contribution is -2.50. The first-order valence-electron chi connectivity index (χ1n) is 10.1. The molecule has 3 aromatic rings. The van der Waals surface area contributed by atoms with Crippen LogP contribution in [0, 0.1) is 6.92 Å². The summed E-state index contributed by atoms with van der Waals surface area (Å²) in [6.45, 7) is 1.56. The quantitative estimate of drug-likeness (QED) is 0.498. The minimum absolute atomic E-state index is 0.109. The number of nitrogens with one attached hydrogen (secondary N) is 1. The summed E-state index contributed by atoms with van der Waals surface area (Å²) in [7, 11) is -0.845. The zero-order valence-electron chi connectivity index (χ0n) is 18.2. The molecular formula is C22H27N5O4S. The predicted molar refractivity (Wildman–Crippen MR) is 119 cm³/mol. The average Bonchev–Trinajstić information content (AvgIpc) is 3.21. The van der Waals surface area contributed by atoms with Crippen LogP contribution in [0.3, 0.4) is 0 Å². The van der Waals surface area contributed by atoms with Crippen molar-refractivity contribution in [3.63, 3.8) is 0 Å². The number of hydrogen-bond donors (Lipinski definition) is 2. The van der Waals surface area contributed by atoms with Gasteiger partial charge in [-0.3, -0.25) is 4.79 Å². The fraction of sp³-hybridized carbons (Fsp3) is 0.318. The third-order valence-corrected chi connectivity index (χ3v) is 6.71. The van der Waals surface area contributed by atoms with E-state index in [0.717, 1.165) is 9.87 Å². The summed E-state index contributed by atoms with van der Waals surface area (Å²) in [5.41, 5.74) is 1.81. The van der Waals surface area contributed by atoms with Crippen LogP contribution in [0.2, 0.25) is 0 Å². The van der Waals surface area contributed by atoms with Gasteiger partial charge < -0.3 is 15.0 Å². The van der Waals surface area contributed by atoms with Crippen LogP contribution in [-0.2, 0) is 23.5 Å². The van der Waals surface area contributed by atoms with Crippen LogP contribution in [0.15, 0.2) is 66.1 Å². The van der Waals surface area contributed by atoms with Crippen LogP contribution in [0.1, 0.15) is 21.7 Å². The fourth-order valence-electron chi connectivity index (χ4n) is 3.23. The van der Waals surface area contributed by atoms with Crippen molar-refractivity contribution in [2.75, 3.05) is 13.6 Å². The highest BCUT2D eigenvalue weighted by molar-refractivity contribution is 7.89. The molecule has 2 aromatic heterocycles. The number of amides is 1. The smallest absolute Gasteiger partial charge is 0.270 e. The number of aliphatic hydroxyl groups is 1. The molecule has 2 N–H and O–H groups in total. The summed E-state index contributed by atoms with van der Waals surface area (Å²) >= 11 is 0.